The minimum Gasteiger partial charge on any atom is -0.494 e. The standard InChI is InChI=1S/C31H31N3O3/c1-37-26-13-7-10-21-14-15-23(32-27(21)26)20-34-18-16-31(17-19-34)25-12-6-5-11-24(25)28(29(31)35)33-30(36)22-8-3-2-4-9-22/h2-15,28-29,35H,16-20H2,1H3,(H,33,36)/t28-,29+/m1/s1. The van der Waals surface area contributed by atoms with Gasteiger partial charge in [-0.05, 0) is 61.3 Å². The first-order valence-corrected chi connectivity index (χ1v) is 12.9. The number of amides is 1. The Morgan fingerprint density at radius 3 is 2.54 bits per heavy atom. The Balaban J connectivity index is 1.20. The molecule has 0 radical (unpaired) electrons. The average molecular weight is 494 g/mol. The van der Waals surface area contributed by atoms with Crippen LogP contribution in [0.3, 0.4) is 0 Å². The fourth-order valence-electron chi connectivity index (χ4n) is 6.16. The molecule has 3 aromatic carbocycles. The number of benzene rings is 3. The number of likely N-dealkylation sites (tertiary alicyclic amines) is 1. The van der Waals surface area contributed by atoms with Crippen LogP contribution in [0.15, 0.2) is 84.9 Å². The van der Waals surface area contributed by atoms with E-state index in [0.29, 0.717) is 5.56 Å². The van der Waals surface area contributed by atoms with Crippen LogP contribution in [0.5, 0.6) is 5.75 Å². The van der Waals surface area contributed by atoms with Gasteiger partial charge in [-0.2, -0.15) is 0 Å². The summed E-state index contributed by atoms with van der Waals surface area (Å²) >= 11 is 0. The fourth-order valence-corrected chi connectivity index (χ4v) is 6.16. The summed E-state index contributed by atoms with van der Waals surface area (Å²) in [5.41, 5.74) is 4.30. The van der Waals surface area contributed by atoms with Crippen molar-refractivity contribution in [3.05, 3.63) is 107 Å². The molecule has 2 heterocycles. The summed E-state index contributed by atoms with van der Waals surface area (Å²) < 4.78 is 5.51. The Morgan fingerprint density at radius 1 is 1.00 bits per heavy atom. The third kappa shape index (κ3) is 4.16. The molecule has 6 nitrogen and oxygen atoms in total. The number of carbonyl (C=O) groups excluding carboxylic acids is 1. The molecule has 1 saturated heterocycles. The summed E-state index contributed by atoms with van der Waals surface area (Å²) in [6.07, 6.45) is 0.960. The van der Waals surface area contributed by atoms with Crippen molar-refractivity contribution in [1.29, 1.82) is 0 Å². The van der Waals surface area contributed by atoms with Gasteiger partial charge in [0.1, 0.15) is 11.3 Å². The largest absolute Gasteiger partial charge is 0.494 e. The molecule has 6 rings (SSSR count). The first-order chi connectivity index (χ1) is 18.1. The number of para-hydroxylation sites is 1. The van der Waals surface area contributed by atoms with Gasteiger partial charge in [-0.15, -0.1) is 0 Å². The molecule has 2 aliphatic rings. The Hall–Kier alpha value is -3.74. The number of nitrogens with zero attached hydrogens (tertiary/aromatic N) is 2. The van der Waals surface area contributed by atoms with Gasteiger partial charge >= 0.3 is 0 Å². The smallest absolute Gasteiger partial charge is 0.251 e. The minimum atomic E-state index is -0.678. The van der Waals surface area contributed by atoms with Crippen molar-refractivity contribution < 1.29 is 14.6 Å². The maximum atomic E-state index is 13.0. The zero-order valence-corrected chi connectivity index (χ0v) is 20.9. The monoisotopic (exact) mass is 493 g/mol. The number of fused-ring (bicyclic) bond motifs is 3. The van der Waals surface area contributed by atoms with Crippen LogP contribution in [0.1, 0.15) is 46.1 Å². The molecule has 2 atom stereocenters. The van der Waals surface area contributed by atoms with Crippen LogP contribution < -0.4 is 10.1 Å². The summed E-state index contributed by atoms with van der Waals surface area (Å²) in [4.78, 5) is 20.3. The minimum absolute atomic E-state index is 0.160. The molecule has 6 heteroatoms. The highest BCUT2D eigenvalue weighted by Crippen LogP contribution is 2.51. The lowest BCUT2D eigenvalue weighted by atomic mass is 9.72. The summed E-state index contributed by atoms with van der Waals surface area (Å²) in [5, 5.41) is 15.9. The summed E-state index contributed by atoms with van der Waals surface area (Å²) in [7, 11) is 1.67. The number of ether oxygens (including phenoxy) is 1. The van der Waals surface area contributed by atoms with Crippen LogP contribution in [-0.4, -0.2) is 47.2 Å². The van der Waals surface area contributed by atoms with E-state index in [-0.39, 0.29) is 11.3 Å². The van der Waals surface area contributed by atoms with E-state index < -0.39 is 12.1 Å². The van der Waals surface area contributed by atoms with E-state index >= 15 is 0 Å². The second kappa shape index (κ2) is 9.61. The molecule has 0 bridgehead atoms. The van der Waals surface area contributed by atoms with Gasteiger partial charge in [0, 0.05) is 22.9 Å². The highest BCUT2D eigenvalue weighted by atomic mass is 16.5. The normalized spacial score (nSPS) is 20.6. The van der Waals surface area contributed by atoms with E-state index in [1.807, 2.05) is 54.6 Å². The third-order valence-corrected chi connectivity index (χ3v) is 8.13. The number of aliphatic hydroxyl groups is 1. The van der Waals surface area contributed by atoms with Gasteiger partial charge < -0.3 is 15.2 Å². The average Bonchev–Trinajstić information content (AvgIpc) is 3.17. The molecule has 2 N–H and O–H groups in total. The van der Waals surface area contributed by atoms with Crippen molar-refractivity contribution in [1.82, 2.24) is 15.2 Å². The van der Waals surface area contributed by atoms with Crippen molar-refractivity contribution in [2.75, 3.05) is 20.2 Å². The molecular weight excluding hydrogens is 462 g/mol. The van der Waals surface area contributed by atoms with Crippen LogP contribution >= 0.6 is 0 Å². The third-order valence-electron chi connectivity index (χ3n) is 8.13. The van der Waals surface area contributed by atoms with Crippen LogP contribution in [0, 0.1) is 0 Å². The zero-order valence-electron chi connectivity index (χ0n) is 20.9. The number of aromatic nitrogens is 1. The van der Waals surface area contributed by atoms with E-state index in [1.54, 1.807) is 19.2 Å². The van der Waals surface area contributed by atoms with Crippen molar-refractivity contribution in [2.45, 2.75) is 36.9 Å². The van der Waals surface area contributed by atoms with Crippen LogP contribution in [0.4, 0.5) is 0 Å². The molecule has 1 aromatic heterocycles. The van der Waals surface area contributed by atoms with Crippen molar-refractivity contribution in [3.63, 3.8) is 0 Å². The van der Waals surface area contributed by atoms with Gasteiger partial charge in [-0.25, -0.2) is 4.98 Å². The quantitative estimate of drug-likeness (QED) is 0.424. The molecule has 4 aromatic rings. The number of hydrogen-bond donors (Lipinski definition) is 2. The van der Waals surface area contributed by atoms with Gasteiger partial charge in [-0.3, -0.25) is 9.69 Å². The molecule has 1 spiro atoms. The molecular formula is C31H31N3O3. The van der Waals surface area contributed by atoms with Gasteiger partial charge in [0.2, 0.25) is 0 Å². The summed E-state index contributed by atoms with van der Waals surface area (Å²) in [5.74, 6) is 0.623. The molecule has 1 aliphatic carbocycles. The van der Waals surface area contributed by atoms with Crippen molar-refractivity contribution >= 4 is 16.8 Å². The first kappa shape index (κ1) is 23.6. The van der Waals surface area contributed by atoms with Gasteiger partial charge in [0.05, 0.1) is 24.9 Å². The Morgan fingerprint density at radius 2 is 1.76 bits per heavy atom. The molecule has 188 valence electrons. The maximum Gasteiger partial charge on any atom is 0.251 e. The number of hydrogen-bond acceptors (Lipinski definition) is 5. The molecule has 1 amide bonds. The Kier molecular flexibility index (Phi) is 6.14. The number of nitrogens with one attached hydrogen (secondary N) is 1. The lowest BCUT2D eigenvalue weighted by Gasteiger charge is -2.42. The first-order valence-electron chi connectivity index (χ1n) is 12.9. The number of pyridine rings is 1. The molecule has 1 aliphatic heterocycles. The number of piperidine rings is 1. The highest BCUT2D eigenvalue weighted by molar-refractivity contribution is 5.94. The molecule has 1 fully saturated rings. The predicted octanol–water partition coefficient (Wildman–Crippen LogP) is 4.62. The second-order valence-electron chi connectivity index (χ2n) is 10.1. The Labute approximate surface area is 216 Å². The van der Waals surface area contributed by atoms with Gasteiger partial charge in [-0.1, -0.05) is 60.7 Å². The van der Waals surface area contributed by atoms with Crippen LogP contribution in [0.25, 0.3) is 10.9 Å². The fraction of sp³-hybridized carbons (Fsp3) is 0.290. The second-order valence-corrected chi connectivity index (χ2v) is 10.1. The molecule has 0 unspecified atom stereocenters. The summed E-state index contributed by atoms with van der Waals surface area (Å²) in [6, 6.07) is 27.1. The van der Waals surface area contributed by atoms with E-state index in [4.69, 9.17) is 9.72 Å². The predicted molar refractivity (Wildman–Crippen MR) is 144 cm³/mol. The summed E-state index contributed by atoms with van der Waals surface area (Å²) in [6.45, 7) is 2.43. The molecule has 37 heavy (non-hydrogen) atoms. The molecule has 0 saturated carbocycles. The lowest BCUT2D eigenvalue weighted by molar-refractivity contribution is 0.0190. The Bertz CT molecular complexity index is 1430. The zero-order chi connectivity index (χ0) is 25.4. The number of methoxy groups -OCH3 is 1. The highest BCUT2D eigenvalue weighted by Gasteiger charge is 2.52. The van der Waals surface area contributed by atoms with Crippen molar-refractivity contribution in [2.24, 2.45) is 0 Å². The SMILES string of the molecule is COc1cccc2ccc(CN3CCC4(CC3)c3ccccc3[C@@H](NC(=O)c3ccccc3)[C@@H]4O)nc12. The number of rotatable bonds is 5. The van der Waals surface area contributed by atoms with E-state index in [1.165, 1.54) is 0 Å². The maximum absolute atomic E-state index is 13.0. The van der Waals surface area contributed by atoms with E-state index in [2.05, 4.69) is 28.4 Å². The van der Waals surface area contributed by atoms with Crippen LogP contribution in [0.2, 0.25) is 0 Å². The van der Waals surface area contributed by atoms with Gasteiger partial charge in [0.15, 0.2) is 0 Å². The van der Waals surface area contributed by atoms with Crippen LogP contribution in [-0.2, 0) is 12.0 Å². The topological polar surface area (TPSA) is 74.7 Å². The van der Waals surface area contributed by atoms with E-state index in [0.717, 1.165) is 65.9 Å². The number of carbonyl (C=O) groups is 1. The number of aliphatic hydroxyl groups excluding tert-OH is 1. The lowest BCUT2D eigenvalue weighted by Crippen LogP contribution is -2.49. The van der Waals surface area contributed by atoms with E-state index in [9.17, 15) is 9.90 Å². The van der Waals surface area contributed by atoms with Gasteiger partial charge in [0.25, 0.3) is 5.91 Å². The van der Waals surface area contributed by atoms with Crippen molar-refractivity contribution in [3.8, 4) is 5.75 Å².